The van der Waals surface area contributed by atoms with Crippen molar-refractivity contribution in [3.05, 3.63) is 0 Å². The lowest BCUT2D eigenvalue weighted by molar-refractivity contribution is 0.122. The molecule has 0 amide bonds. The molecule has 2 atom stereocenters. The van der Waals surface area contributed by atoms with Gasteiger partial charge in [-0.25, -0.2) is 0 Å². The van der Waals surface area contributed by atoms with E-state index in [-0.39, 0.29) is 0 Å². The van der Waals surface area contributed by atoms with E-state index in [0.717, 1.165) is 17.8 Å². The third-order valence-corrected chi connectivity index (χ3v) is 5.53. The third kappa shape index (κ3) is 8.27. The minimum Gasteiger partial charge on any atom is -0.0654 e. The fourth-order valence-electron chi connectivity index (χ4n) is 4.25. The van der Waals surface area contributed by atoms with Gasteiger partial charge in [0, 0.05) is 0 Å². The van der Waals surface area contributed by atoms with Gasteiger partial charge in [0.05, 0.1) is 0 Å². The van der Waals surface area contributed by atoms with E-state index in [4.69, 9.17) is 0 Å². The molecule has 0 heteroatoms. The van der Waals surface area contributed by atoms with Crippen LogP contribution < -0.4 is 0 Å². The van der Waals surface area contributed by atoms with Gasteiger partial charge in [-0.05, 0) is 54.3 Å². The van der Waals surface area contributed by atoms with Crippen molar-refractivity contribution in [3.8, 4) is 0 Å². The Kier molecular flexibility index (Phi) is 9.21. The predicted octanol–water partition coefficient (Wildman–Crippen LogP) is 7.72. The summed E-state index contributed by atoms with van der Waals surface area (Å²) >= 11 is 0. The second kappa shape index (κ2) is 9.21. The molecule has 0 bridgehead atoms. The van der Waals surface area contributed by atoms with E-state index in [1.54, 1.807) is 0 Å². The van der Waals surface area contributed by atoms with Crippen LogP contribution in [0.5, 0.6) is 0 Å². The monoisotopic (exact) mass is 296 g/mol. The van der Waals surface area contributed by atoms with Crippen LogP contribution in [-0.4, -0.2) is 0 Å². The number of hydrogen-bond acceptors (Lipinski definition) is 0. The highest BCUT2D eigenvalue weighted by atomic mass is 14.4. The van der Waals surface area contributed by atoms with Gasteiger partial charge < -0.3 is 0 Å². The molecule has 0 aromatic carbocycles. The van der Waals surface area contributed by atoms with Crippen LogP contribution in [-0.2, 0) is 0 Å². The average molecular weight is 297 g/mol. The molecule has 0 radical (unpaired) electrons. The van der Waals surface area contributed by atoms with Crippen LogP contribution in [0.15, 0.2) is 0 Å². The minimum absolute atomic E-state index is 0.465. The molecule has 0 aromatic heterocycles. The van der Waals surface area contributed by atoms with Crippen LogP contribution in [0.4, 0.5) is 0 Å². The molecular formula is C21H44. The molecule has 0 aliphatic rings. The van der Waals surface area contributed by atoms with Crippen LogP contribution in [0.2, 0.25) is 0 Å². The quantitative estimate of drug-likeness (QED) is 0.387. The van der Waals surface area contributed by atoms with Gasteiger partial charge in [0.15, 0.2) is 0 Å². The van der Waals surface area contributed by atoms with Crippen molar-refractivity contribution in [1.82, 2.24) is 0 Å². The second-order valence-corrected chi connectivity index (χ2v) is 9.47. The number of hydrogen-bond donors (Lipinski definition) is 0. The molecule has 2 unspecified atom stereocenters. The van der Waals surface area contributed by atoms with Gasteiger partial charge in [-0.2, -0.15) is 0 Å². The number of rotatable bonds is 10. The van der Waals surface area contributed by atoms with E-state index in [1.165, 1.54) is 44.9 Å². The fraction of sp³-hybridized carbons (Fsp3) is 1.00. The molecular weight excluding hydrogens is 252 g/mol. The zero-order chi connectivity index (χ0) is 16.7. The topological polar surface area (TPSA) is 0 Å². The van der Waals surface area contributed by atoms with Crippen molar-refractivity contribution in [2.75, 3.05) is 0 Å². The Morgan fingerprint density at radius 2 is 1.29 bits per heavy atom. The van der Waals surface area contributed by atoms with Gasteiger partial charge in [-0.3, -0.25) is 0 Å². The summed E-state index contributed by atoms with van der Waals surface area (Å²) in [5, 5.41) is 0. The molecule has 0 aromatic rings. The number of unbranched alkanes of at least 4 members (excludes halogenated alkanes) is 1. The molecule has 0 aliphatic heterocycles. The Morgan fingerprint density at radius 3 is 1.67 bits per heavy atom. The lowest BCUT2D eigenvalue weighted by Gasteiger charge is -2.38. The lowest BCUT2D eigenvalue weighted by Crippen LogP contribution is -2.28. The van der Waals surface area contributed by atoms with Gasteiger partial charge in [0.2, 0.25) is 0 Å². The summed E-state index contributed by atoms with van der Waals surface area (Å²) in [6.45, 7) is 21.7. The van der Waals surface area contributed by atoms with Crippen molar-refractivity contribution >= 4 is 0 Å². The highest BCUT2D eigenvalue weighted by Crippen LogP contribution is 2.42. The Morgan fingerprint density at radius 1 is 0.762 bits per heavy atom. The maximum Gasteiger partial charge on any atom is -0.0323 e. The molecule has 0 saturated carbocycles. The molecule has 0 nitrogen and oxygen atoms in total. The molecule has 0 aliphatic carbocycles. The summed E-state index contributed by atoms with van der Waals surface area (Å²) in [7, 11) is 0. The smallest absolute Gasteiger partial charge is 0.0323 e. The summed E-state index contributed by atoms with van der Waals surface area (Å²) in [5.74, 6) is 2.58. The van der Waals surface area contributed by atoms with Crippen LogP contribution in [0.25, 0.3) is 0 Å². The summed E-state index contributed by atoms with van der Waals surface area (Å²) in [4.78, 5) is 0. The predicted molar refractivity (Wildman–Crippen MR) is 98.7 cm³/mol. The van der Waals surface area contributed by atoms with Crippen LogP contribution in [0, 0.1) is 28.6 Å². The maximum absolute atomic E-state index is 2.52. The molecule has 0 N–H and O–H groups in total. The lowest BCUT2D eigenvalue weighted by atomic mass is 9.67. The van der Waals surface area contributed by atoms with Crippen LogP contribution >= 0.6 is 0 Å². The van der Waals surface area contributed by atoms with Crippen molar-refractivity contribution < 1.29 is 0 Å². The van der Waals surface area contributed by atoms with E-state index in [0.29, 0.717) is 10.8 Å². The standard InChI is InChI=1S/C21H44/c1-10-12-13-19(21(8,9)16-17(3)4)15-14-18(11-2)20(5,6)7/h17-19H,10-16H2,1-9H3. The Bertz CT molecular complexity index is 254. The normalized spacial score (nSPS) is 16.3. The summed E-state index contributed by atoms with van der Waals surface area (Å²) in [6.07, 6.45) is 9.70. The first-order valence-corrected chi connectivity index (χ1v) is 9.54. The first kappa shape index (κ1) is 21.0. The van der Waals surface area contributed by atoms with E-state index in [9.17, 15) is 0 Å². The highest BCUT2D eigenvalue weighted by Gasteiger charge is 2.31. The molecule has 0 saturated heterocycles. The maximum atomic E-state index is 2.52. The SMILES string of the molecule is CCCCC(CCC(CC)C(C)(C)C)C(C)(C)CC(C)C. The fourth-order valence-corrected chi connectivity index (χ4v) is 4.25. The second-order valence-electron chi connectivity index (χ2n) is 9.47. The van der Waals surface area contributed by atoms with Crippen molar-refractivity contribution in [2.24, 2.45) is 28.6 Å². The Labute approximate surface area is 136 Å². The summed E-state index contributed by atoms with van der Waals surface area (Å²) < 4.78 is 0. The molecule has 128 valence electrons. The minimum atomic E-state index is 0.465. The van der Waals surface area contributed by atoms with Crippen LogP contribution in [0.1, 0.15) is 107 Å². The van der Waals surface area contributed by atoms with Gasteiger partial charge in [0.1, 0.15) is 0 Å². The largest absolute Gasteiger partial charge is 0.0654 e. The van der Waals surface area contributed by atoms with Gasteiger partial charge >= 0.3 is 0 Å². The molecule has 0 fully saturated rings. The third-order valence-electron chi connectivity index (χ3n) is 5.53. The van der Waals surface area contributed by atoms with Crippen LogP contribution in [0.3, 0.4) is 0 Å². The Hall–Kier alpha value is 0. The average Bonchev–Trinajstić information content (AvgIpc) is 2.29. The first-order valence-electron chi connectivity index (χ1n) is 9.54. The zero-order valence-corrected chi connectivity index (χ0v) is 16.7. The van der Waals surface area contributed by atoms with Gasteiger partial charge in [-0.1, -0.05) is 81.6 Å². The first-order chi connectivity index (χ1) is 9.54. The molecule has 0 heterocycles. The van der Waals surface area contributed by atoms with E-state index in [2.05, 4.69) is 62.3 Å². The highest BCUT2D eigenvalue weighted by molar-refractivity contribution is 4.82. The van der Waals surface area contributed by atoms with Crippen molar-refractivity contribution in [1.29, 1.82) is 0 Å². The van der Waals surface area contributed by atoms with E-state index < -0.39 is 0 Å². The zero-order valence-electron chi connectivity index (χ0n) is 16.7. The van der Waals surface area contributed by atoms with Crippen molar-refractivity contribution in [2.45, 2.75) is 107 Å². The summed E-state index contributed by atoms with van der Waals surface area (Å²) in [5.41, 5.74) is 0.964. The van der Waals surface area contributed by atoms with E-state index >= 15 is 0 Å². The van der Waals surface area contributed by atoms with Gasteiger partial charge in [0.25, 0.3) is 0 Å². The van der Waals surface area contributed by atoms with E-state index in [1.807, 2.05) is 0 Å². The molecule has 0 spiro atoms. The van der Waals surface area contributed by atoms with Crippen molar-refractivity contribution in [3.63, 3.8) is 0 Å². The Balaban J connectivity index is 4.76. The molecule has 0 rings (SSSR count). The molecule has 21 heavy (non-hydrogen) atoms. The van der Waals surface area contributed by atoms with Gasteiger partial charge in [-0.15, -0.1) is 0 Å². The summed E-state index contributed by atoms with van der Waals surface area (Å²) in [6, 6.07) is 0.